The maximum Gasteiger partial charge on any atom is 0.319 e. The second-order valence-electron chi connectivity index (χ2n) is 8.77. The number of aliphatic hydroxyl groups is 2. The summed E-state index contributed by atoms with van der Waals surface area (Å²) >= 11 is 0. The van der Waals surface area contributed by atoms with Crippen LogP contribution in [0.1, 0.15) is 52.4 Å². The van der Waals surface area contributed by atoms with Gasteiger partial charge < -0.3 is 29.5 Å². The highest BCUT2D eigenvalue weighted by Gasteiger charge is 2.25. The van der Waals surface area contributed by atoms with Crippen molar-refractivity contribution in [1.82, 2.24) is 19.9 Å². The third-order valence-electron chi connectivity index (χ3n) is 5.68. The Balaban J connectivity index is 1.83. The average molecular weight is 447 g/mol. The van der Waals surface area contributed by atoms with Gasteiger partial charge in [0.05, 0.1) is 12.2 Å². The normalized spacial score (nSPS) is 19.1. The number of anilines is 2. The standard InChI is InChI=1S/C22H34N6O4/c1-15(29)13-31-21-23-17-18(19(25-21)27-9-5-3-6-10-27)24-22(32-14-16(2)30)26-20(17)28-11-7-4-8-12-28/h15-16,29-30H,3-14H2,1-2H3. The van der Waals surface area contributed by atoms with Crippen molar-refractivity contribution in [3.63, 3.8) is 0 Å². The molecule has 2 aromatic heterocycles. The van der Waals surface area contributed by atoms with Gasteiger partial charge in [-0.15, -0.1) is 0 Å². The number of hydrogen-bond acceptors (Lipinski definition) is 10. The molecule has 2 atom stereocenters. The van der Waals surface area contributed by atoms with Gasteiger partial charge in [0.15, 0.2) is 11.6 Å². The fraction of sp³-hybridized carbons (Fsp3) is 0.727. The first-order valence-corrected chi connectivity index (χ1v) is 11.7. The van der Waals surface area contributed by atoms with Crippen molar-refractivity contribution in [3.05, 3.63) is 0 Å². The van der Waals surface area contributed by atoms with Crippen LogP contribution in [0.2, 0.25) is 0 Å². The van der Waals surface area contributed by atoms with Gasteiger partial charge in [0.1, 0.15) is 24.2 Å². The molecule has 4 heterocycles. The molecular weight excluding hydrogens is 412 g/mol. The maximum atomic E-state index is 9.68. The van der Waals surface area contributed by atoms with Gasteiger partial charge in [0.2, 0.25) is 0 Å². The zero-order valence-electron chi connectivity index (χ0n) is 19.0. The molecule has 2 aliphatic rings. The second kappa shape index (κ2) is 10.4. The van der Waals surface area contributed by atoms with E-state index in [0.29, 0.717) is 22.7 Å². The monoisotopic (exact) mass is 446 g/mol. The van der Waals surface area contributed by atoms with Crippen LogP contribution in [0.3, 0.4) is 0 Å². The van der Waals surface area contributed by atoms with Crippen LogP contribution >= 0.6 is 0 Å². The van der Waals surface area contributed by atoms with Crippen molar-refractivity contribution in [3.8, 4) is 12.0 Å². The molecule has 10 heteroatoms. The van der Waals surface area contributed by atoms with E-state index < -0.39 is 12.2 Å². The van der Waals surface area contributed by atoms with Crippen molar-refractivity contribution in [1.29, 1.82) is 0 Å². The van der Waals surface area contributed by atoms with Crippen molar-refractivity contribution < 1.29 is 19.7 Å². The fourth-order valence-electron chi connectivity index (χ4n) is 4.12. The van der Waals surface area contributed by atoms with Gasteiger partial charge in [-0.1, -0.05) is 0 Å². The summed E-state index contributed by atoms with van der Waals surface area (Å²) in [6, 6.07) is 0.442. The lowest BCUT2D eigenvalue weighted by Crippen LogP contribution is -2.32. The number of aliphatic hydroxyl groups excluding tert-OH is 2. The molecule has 0 aliphatic carbocycles. The number of ether oxygens (including phenoxy) is 2. The van der Waals surface area contributed by atoms with E-state index in [1.54, 1.807) is 13.8 Å². The largest absolute Gasteiger partial charge is 0.461 e. The molecule has 2 saturated heterocycles. The average Bonchev–Trinajstić information content (AvgIpc) is 2.81. The van der Waals surface area contributed by atoms with E-state index >= 15 is 0 Å². The predicted molar refractivity (Wildman–Crippen MR) is 122 cm³/mol. The van der Waals surface area contributed by atoms with Gasteiger partial charge in [-0.25, -0.2) is 0 Å². The molecule has 0 amide bonds. The zero-order valence-corrected chi connectivity index (χ0v) is 19.0. The molecule has 10 nitrogen and oxygen atoms in total. The SMILES string of the molecule is CC(O)COc1nc(N2CCCCC2)c2nc(OCC(C)O)nc(N3CCCCC3)c2n1. The molecule has 2 N–H and O–H groups in total. The lowest BCUT2D eigenvalue weighted by atomic mass is 10.1. The highest BCUT2D eigenvalue weighted by Crippen LogP contribution is 2.34. The van der Waals surface area contributed by atoms with E-state index in [2.05, 4.69) is 29.7 Å². The van der Waals surface area contributed by atoms with E-state index in [1.165, 1.54) is 12.8 Å². The number of piperidine rings is 2. The second-order valence-corrected chi connectivity index (χ2v) is 8.77. The Hall–Kier alpha value is -2.46. The molecule has 2 unspecified atom stereocenters. The fourth-order valence-corrected chi connectivity index (χ4v) is 4.12. The van der Waals surface area contributed by atoms with E-state index in [9.17, 15) is 10.2 Å². The Kier molecular flexibility index (Phi) is 7.41. The topological polar surface area (TPSA) is 117 Å². The van der Waals surface area contributed by atoms with Crippen molar-refractivity contribution in [2.45, 2.75) is 64.6 Å². The summed E-state index contributed by atoms with van der Waals surface area (Å²) in [4.78, 5) is 23.1. The van der Waals surface area contributed by atoms with Crippen LogP contribution in [0, 0.1) is 0 Å². The molecule has 0 aromatic carbocycles. The molecule has 0 spiro atoms. The number of nitrogens with zero attached hydrogens (tertiary/aromatic N) is 6. The smallest absolute Gasteiger partial charge is 0.319 e. The Morgan fingerprint density at radius 3 is 1.38 bits per heavy atom. The summed E-state index contributed by atoms with van der Waals surface area (Å²) < 4.78 is 11.4. The van der Waals surface area contributed by atoms with Gasteiger partial charge >= 0.3 is 12.0 Å². The maximum absolute atomic E-state index is 9.68. The van der Waals surface area contributed by atoms with Gasteiger partial charge in [0.25, 0.3) is 0 Å². The number of aromatic nitrogens is 4. The Labute approximate surface area is 188 Å². The predicted octanol–water partition coefficient (Wildman–Crippen LogP) is 1.92. The van der Waals surface area contributed by atoms with Crippen molar-refractivity contribution >= 4 is 22.7 Å². The first kappa shape index (κ1) is 22.7. The minimum atomic E-state index is -0.623. The molecule has 0 bridgehead atoms. The third-order valence-corrected chi connectivity index (χ3v) is 5.68. The van der Waals surface area contributed by atoms with Crippen LogP contribution in [0.25, 0.3) is 11.0 Å². The van der Waals surface area contributed by atoms with Crippen LogP contribution in [0.15, 0.2) is 0 Å². The molecule has 176 valence electrons. The molecule has 0 radical (unpaired) electrons. The van der Waals surface area contributed by atoms with Crippen LogP contribution in [0.4, 0.5) is 11.6 Å². The first-order chi connectivity index (χ1) is 15.5. The van der Waals surface area contributed by atoms with E-state index in [0.717, 1.165) is 51.9 Å². The van der Waals surface area contributed by atoms with Crippen molar-refractivity contribution in [2.75, 3.05) is 49.2 Å². The van der Waals surface area contributed by atoms with Gasteiger partial charge in [-0.2, -0.15) is 19.9 Å². The summed E-state index contributed by atoms with van der Waals surface area (Å²) in [7, 11) is 0. The molecule has 2 aliphatic heterocycles. The third kappa shape index (κ3) is 5.47. The molecular formula is C22H34N6O4. The lowest BCUT2D eigenvalue weighted by molar-refractivity contribution is 0.116. The van der Waals surface area contributed by atoms with Gasteiger partial charge in [0, 0.05) is 26.2 Å². The number of fused-ring (bicyclic) bond motifs is 1. The van der Waals surface area contributed by atoms with Crippen LogP contribution in [0.5, 0.6) is 12.0 Å². The Bertz CT molecular complexity index is 824. The molecule has 2 fully saturated rings. The highest BCUT2D eigenvalue weighted by molar-refractivity contribution is 5.93. The summed E-state index contributed by atoms with van der Waals surface area (Å²) in [6.07, 6.45) is 5.50. The van der Waals surface area contributed by atoms with Crippen LogP contribution < -0.4 is 19.3 Å². The number of rotatable bonds is 8. The number of hydrogen-bond donors (Lipinski definition) is 2. The molecule has 4 rings (SSSR count). The van der Waals surface area contributed by atoms with Crippen molar-refractivity contribution in [2.24, 2.45) is 0 Å². The Morgan fingerprint density at radius 1 is 0.656 bits per heavy atom. The van der Waals surface area contributed by atoms with Gasteiger partial charge in [-0.05, 0) is 52.4 Å². The van der Waals surface area contributed by atoms with Gasteiger partial charge in [-0.3, -0.25) is 0 Å². The summed E-state index contributed by atoms with van der Waals surface area (Å²) in [6.45, 7) is 7.09. The lowest BCUT2D eigenvalue weighted by Gasteiger charge is -2.30. The highest BCUT2D eigenvalue weighted by atomic mass is 16.5. The molecule has 0 saturated carbocycles. The summed E-state index contributed by atoms with van der Waals surface area (Å²) in [5, 5.41) is 19.4. The van der Waals surface area contributed by atoms with Crippen LogP contribution in [-0.2, 0) is 0 Å². The van der Waals surface area contributed by atoms with E-state index in [1.807, 2.05) is 0 Å². The minimum Gasteiger partial charge on any atom is -0.461 e. The quantitative estimate of drug-likeness (QED) is 0.623. The van der Waals surface area contributed by atoms with E-state index in [4.69, 9.17) is 9.47 Å². The van der Waals surface area contributed by atoms with Crippen LogP contribution in [-0.4, -0.2) is 81.7 Å². The molecule has 32 heavy (non-hydrogen) atoms. The summed E-state index contributed by atoms with van der Waals surface area (Å²) in [5.74, 6) is 1.41. The zero-order chi connectivity index (χ0) is 22.5. The summed E-state index contributed by atoms with van der Waals surface area (Å²) in [5.41, 5.74) is 1.26. The first-order valence-electron chi connectivity index (χ1n) is 11.7. The Morgan fingerprint density at radius 2 is 1.03 bits per heavy atom. The minimum absolute atomic E-state index is 0.112. The van der Waals surface area contributed by atoms with E-state index in [-0.39, 0.29) is 25.2 Å². The molecule has 2 aromatic rings.